The standard InChI is InChI=1S/C25H28ClNO/c1-16-8-17(2)22(21(26)9-16)27-23(28)25-13-18-10-19(14-25)12-24(11-18,15-25)20-6-4-3-5-7-20/h3-9,18-19H,10-15H2,1-2H3,(H,27,28)/t18-,19+,24?,25?. The van der Waals surface area contributed by atoms with Crippen molar-refractivity contribution >= 4 is 23.2 Å². The van der Waals surface area contributed by atoms with Crippen LogP contribution >= 0.6 is 11.6 Å². The fourth-order valence-electron chi connectivity index (χ4n) is 6.98. The number of rotatable bonds is 3. The first-order chi connectivity index (χ1) is 13.4. The van der Waals surface area contributed by atoms with Crippen molar-refractivity contribution in [2.75, 3.05) is 5.32 Å². The number of benzene rings is 2. The van der Waals surface area contributed by atoms with Crippen LogP contribution in [0.15, 0.2) is 42.5 Å². The molecule has 0 saturated heterocycles. The highest BCUT2D eigenvalue weighted by Crippen LogP contribution is 2.66. The highest BCUT2D eigenvalue weighted by molar-refractivity contribution is 6.34. The number of carbonyl (C=O) groups is 1. The zero-order chi connectivity index (χ0) is 19.5. The van der Waals surface area contributed by atoms with Crippen molar-refractivity contribution in [2.24, 2.45) is 17.3 Å². The van der Waals surface area contributed by atoms with Crippen LogP contribution in [0.25, 0.3) is 0 Å². The maximum atomic E-state index is 13.7. The molecule has 28 heavy (non-hydrogen) atoms. The summed E-state index contributed by atoms with van der Waals surface area (Å²) >= 11 is 6.50. The highest BCUT2D eigenvalue weighted by Gasteiger charge is 2.60. The molecule has 2 nitrogen and oxygen atoms in total. The Kier molecular flexibility index (Phi) is 4.14. The van der Waals surface area contributed by atoms with E-state index in [9.17, 15) is 4.79 Å². The quantitative estimate of drug-likeness (QED) is 0.639. The molecule has 0 spiro atoms. The zero-order valence-electron chi connectivity index (χ0n) is 16.7. The largest absolute Gasteiger partial charge is 0.324 e. The molecule has 0 aromatic heterocycles. The van der Waals surface area contributed by atoms with Crippen molar-refractivity contribution < 1.29 is 4.79 Å². The Labute approximate surface area is 172 Å². The Hall–Kier alpha value is -1.80. The van der Waals surface area contributed by atoms with Gasteiger partial charge >= 0.3 is 0 Å². The number of carbonyl (C=O) groups excluding carboxylic acids is 1. The van der Waals surface area contributed by atoms with E-state index in [1.54, 1.807) is 0 Å². The van der Waals surface area contributed by atoms with E-state index in [0.29, 0.717) is 16.9 Å². The van der Waals surface area contributed by atoms with Gasteiger partial charge in [-0.2, -0.15) is 0 Å². The Morgan fingerprint density at radius 2 is 1.71 bits per heavy atom. The van der Waals surface area contributed by atoms with E-state index >= 15 is 0 Å². The summed E-state index contributed by atoms with van der Waals surface area (Å²) in [5.74, 6) is 1.53. The fraction of sp³-hybridized carbons (Fsp3) is 0.480. The summed E-state index contributed by atoms with van der Waals surface area (Å²) in [6.45, 7) is 4.06. The van der Waals surface area contributed by atoms with E-state index in [4.69, 9.17) is 11.6 Å². The minimum atomic E-state index is -0.249. The van der Waals surface area contributed by atoms with Gasteiger partial charge in [-0.3, -0.25) is 4.79 Å². The third kappa shape index (κ3) is 2.80. The molecule has 4 saturated carbocycles. The second-order valence-electron chi connectivity index (χ2n) is 9.78. The third-order valence-corrected chi connectivity index (χ3v) is 7.90. The first-order valence-corrected chi connectivity index (χ1v) is 10.9. The summed E-state index contributed by atoms with van der Waals surface area (Å²) in [5.41, 5.74) is 4.32. The highest BCUT2D eigenvalue weighted by atomic mass is 35.5. The zero-order valence-corrected chi connectivity index (χ0v) is 17.5. The Morgan fingerprint density at radius 3 is 2.36 bits per heavy atom. The minimum Gasteiger partial charge on any atom is -0.324 e. The molecule has 0 aliphatic heterocycles. The summed E-state index contributed by atoms with van der Waals surface area (Å²) in [6.07, 6.45) is 6.83. The van der Waals surface area contributed by atoms with Crippen LogP contribution in [0.1, 0.15) is 55.2 Å². The van der Waals surface area contributed by atoms with Crippen LogP contribution in [0.3, 0.4) is 0 Å². The van der Waals surface area contributed by atoms with E-state index in [2.05, 4.69) is 41.7 Å². The predicted molar refractivity (Wildman–Crippen MR) is 115 cm³/mol. The fourth-order valence-corrected chi connectivity index (χ4v) is 7.35. The summed E-state index contributed by atoms with van der Waals surface area (Å²) in [6, 6.07) is 15.0. The number of hydrogen-bond donors (Lipinski definition) is 1. The molecule has 4 aliphatic rings. The van der Waals surface area contributed by atoms with Gasteiger partial charge in [0.05, 0.1) is 16.1 Å². The second-order valence-corrected chi connectivity index (χ2v) is 10.2. The number of anilines is 1. The van der Waals surface area contributed by atoms with Crippen LogP contribution in [0.2, 0.25) is 5.02 Å². The van der Waals surface area contributed by atoms with Gasteiger partial charge in [-0.1, -0.05) is 48.0 Å². The lowest BCUT2D eigenvalue weighted by Gasteiger charge is -2.61. The van der Waals surface area contributed by atoms with Crippen molar-refractivity contribution in [3.8, 4) is 0 Å². The maximum Gasteiger partial charge on any atom is 0.230 e. The molecule has 2 aromatic carbocycles. The molecule has 0 radical (unpaired) electrons. The molecule has 146 valence electrons. The van der Waals surface area contributed by atoms with Gasteiger partial charge in [0.2, 0.25) is 5.91 Å². The topological polar surface area (TPSA) is 29.1 Å². The van der Waals surface area contributed by atoms with Gasteiger partial charge in [-0.05, 0) is 92.4 Å². The molecule has 1 amide bonds. The maximum absolute atomic E-state index is 13.7. The normalized spacial score (nSPS) is 33.1. The molecular weight excluding hydrogens is 366 g/mol. The Balaban J connectivity index is 1.49. The van der Waals surface area contributed by atoms with Crippen LogP contribution in [0.5, 0.6) is 0 Å². The van der Waals surface area contributed by atoms with Gasteiger partial charge < -0.3 is 5.32 Å². The summed E-state index contributed by atoms with van der Waals surface area (Å²) in [5, 5.41) is 3.91. The number of amides is 1. The van der Waals surface area contributed by atoms with E-state index in [1.807, 2.05) is 19.9 Å². The summed E-state index contributed by atoms with van der Waals surface area (Å²) < 4.78 is 0. The van der Waals surface area contributed by atoms with Crippen LogP contribution in [-0.2, 0) is 10.2 Å². The first-order valence-electron chi connectivity index (χ1n) is 10.5. The lowest BCUT2D eigenvalue weighted by atomic mass is 9.42. The predicted octanol–water partition coefficient (Wildman–Crippen LogP) is 6.43. The monoisotopic (exact) mass is 393 g/mol. The lowest BCUT2D eigenvalue weighted by Crippen LogP contribution is -2.58. The van der Waals surface area contributed by atoms with Crippen molar-refractivity contribution in [3.63, 3.8) is 0 Å². The molecular formula is C25H28ClNO. The average molecular weight is 394 g/mol. The Bertz CT molecular complexity index is 898. The van der Waals surface area contributed by atoms with Crippen molar-refractivity contribution in [3.05, 3.63) is 64.2 Å². The summed E-state index contributed by atoms with van der Waals surface area (Å²) in [4.78, 5) is 13.7. The van der Waals surface area contributed by atoms with Crippen molar-refractivity contribution in [1.29, 1.82) is 0 Å². The van der Waals surface area contributed by atoms with Gasteiger partial charge in [-0.15, -0.1) is 0 Å². The van der Waals surface area contributed by atoms with Crippen molar-refractivity contribution in [2.45, 2.75) is 57.8 Å². The molecule has 6 rings (SSSR count). The molecule has 2 unspecified atom stereocenters. The van der Waals surface area contributed by atoms with Gasteiger partial charge in [0.1, 0.15) is 0 Å². The molecule has 3 heteroatoms. The number of aryl methyl sites for hydroxylation is 2. The van der Waals surface area contributed by atoms with E-state index < -0.39 is 0 Å². The Morgan fingerprint density at radius 1 is 1.04 bits per heavy atom. The number of hydrogen-bond acceptors (Lipinski definition) is 1. The van der Waals surface area contributed by atoms with Gasteiger partial charge in [0, 0.05) is 0 Å². The number of nitrogens with one attached hydrogen (secondary N) is 1. The molecule has 4 aliphatic carbocycles. The van der Waals surface area contributed by atoms with Gasteiger partial charge in [0.15, 0.2) is 0 Å². The third-order valence-electron chi connectivity index (χ3n) is 7.60. The SMILES string of the molecule is Cc1cc(C)c(NC(=O)C23C[C@H]4C[C@@H](C2)CC(c2ccccc2)(C4)C3)c(Cl)c1. The molecule has 0 heterocycles. The first kappa shape index (κ1) is 18.2. The van der Waals surface area contributed by atoms with Crippen LogP contribution in [0.4, 0.5) is 5.69 Å². The van der Waals surface area contributed by atoms with Crippen LogP contribution < -0.4 is 5.32 Å². The summed E-state index contributed by atoms with van der Waals surface area (Å²) in [7, 11) is 0. The van der Waals surface area contributed by atoms with Crippen molar-refractivity contribution in [1.82, 2.24) is 0 Å². The van der Waals surface area contributed by atoms with E-state index in [0.717, 1.165) is 36.1 Å². The molecule has 2 aromatic rings. The molecule has 1 N–H and O–H groups in total. The molecule has 4 atom stereocenters. The molecule has 4 bridgehead atoms. The average Bonchev–Trinajstić information content (AvgIpc) is 2.64. The molecule has 4 fully saturated rings. The lowest BCUT2D eigenvalue weighted by molar-refractivity contribution is -0.143. The van der Waals surface area contributed by atoms with Gasteiger partial charge in [-0.25, -0.2) is 0 Å². The van der Waals surface area contributed by atoms with Gasteiger partial charge in [0.25, 0.3) is 0 Å². The number of halogens is 1. The van der Waals surface area contributed by atoms with Crippen LogP contribution in [0, 0.1) is 31.1 Å². The van der Waals surface area contributed by atoms with E-state index in [1.165, 1.54) is 24.8 Å². The van der Waals surface area contributed by atoms with E-state index in [-0.39, 0.29) is 16.7 Å². The smallest absolute Gasteiger partial charge is 0.230 e. The minimum absolute atomic E-state index is 0.175. The second kappa shape index (κ2) is 6.35. The van der Waals surface area contributed by atoms with Crippen LogP contribution in [-0.4, -0.2) is 5.91 Å².